The predicted molar refractivity (Wildman–Crippen MR) is 138 cm³/mol. The molecule has 0 heterocycles. The molecule has 1 saturated carbocycles. The number of hydrogen-bond acceptors (Lipinski definition) is 6. The predicted octanol–water partition coefficient (Wildman–Crippen LogP) is 5.03. The molecule has 0 unspecified atom stereocenters. The number of carbonyl (C=O) groups is 1. The molecule has 1 fully saturated rings. The molecule has 2 aromatic carbocycles. The summed E-state index contributed by atoms with van der Waals surface area (Å²) < 4.78 is 34.6. The lowest BCUT2D eigenvalue weighted by molar-refractivity contribution is 0.0179. The molecule has 0 saturated heterocycles. The lowest BCUT2D eigenvalue weighted by atomic mass is 9.90. The van der Waals surface area contributed by atoms with Gasteiger partial charge < -0.3 is 19.7 Å². The Balaban J connectivity index is 1.60. The largest absolute Gasteiger partial charge is 0.496 e. The Morgan fingerprint density at radius 1 is 1.03 bits per heavy atom. The Kier molecular flexibility index (Phi) is 8.49. The van der Waals surface area contributed by atoms with Crippen LogP contribution in [0.1, 0.15) is 52.0 Å². The van der Waals surface area contributed by atoms with Gasteiger partial charge in [-0.3, -0.25) is 0 Å². The van der Waals surface area contributed by atoms with Gasteiger partial charge in [0.15, 0.2) is 9.84 Å². The molecule has 1 aliphatic rings. The van der Waals surface area contributed by atoms with E-state index in [-0.39, 0.29) is 12.1 Å². The fraction of sp³-hybridized carbons (Fsp3) is 0.519. The van der Waals surface area contributed by atoms with E-state index in [1.807, 2.05) is 52.1 Å². The van der Waals surface area contributed by atoms with Crippen molar-refractivity contribution in [2.45, 2.75) is 75.6 Å². The van der Waals surface area contributed by atoms with Crippen LogP contribution in [0.2, 0.25) is 0 Å². The topological polar surface area (TPSA) is 84.9 Å². The molecule has 0 spiro atoms. The summed E-state index contributed by atoms with van der Waals surface area (Å²) in [6.45, 7) is 6.31. The van der Waals surface area contributed by atoms with Gasteiger partial charge in [0.05, 0.1) is 12.0 Å². The normalized spacial score (nSPS) is 18.7. The van der Waals surface area contributed by atoms with Crippen LogP contribution in [-0.2, 0) is 21.1 Å². The molecule has 0 aromatic heterocycles. The minimum Gasteiger partial charge on any atom is -0.496 e. The average molecular weight is 503 g/mol. The van der Waals surface area contributed by atoms with E-state index in [0.717, 1.165) is 48.1 Å². The molecular formula is C27H38N2O5S. The Labute approximate surface area is 209 Å². The van der Waals surface area contributed by atoms with Gasteiger partial charge in [0.2, 0.25) is 0 Å². The summed E-state index contributed by atoms with van der Waals surface area (Å²) in [5.74, 6) is 0.812. The van der Waals surface area contributed by atoms with Gasteiger partial charge >= 0.3 is 6.09 Å². The fourth-order valence-corrected chi connectivity index (χ4v) is 5.03. The van der Waals surface area contributed by atoms with Gasteiger partial charge in [-0.2, -0.15) is 0 Å². The number of carbonyl (C=O) groups excluding carboxylic acids is 1. The minimum absolute atomic E-state index is 0.190. The van der Waals surface area contributed by atoms with E-state index in [0.29, 0.717) is 17.5 Å². The molecular weight excluding hydrogens is 464 g/mol. The van der Waals surface area contributed by atoms with Crippen LogP contribution in [0, 0.1) is 0 Å². The number of ether oxygens (including phenoxy) is 2. The van der Waals surface area contributed by atoms with Gasteiger partial charge in [-0.1, -0.05) is 18.2 Å². The van der Waals surface area contributed by atoms with Gasteiger partial charge in [0.25, 0.3) is 0 Å². The number of rotatable bonds is 7. The van der Waals surface area contributed by atoms with Crippen molar-refractivity contribution in [3.8, 4) is 16.9 Å². The highest BCUT2D eigenvalue weighted by Gasteiger charge is 2.29. The highest BCUT2D eigenvalue weighted by molar-refractivity contribution is 7.90. The van der Waals surface area contributed by atoms with Crippen LogP contribution < -0.4 is 10.1 Å². The van der Waals surface area contributed by atoms with E-state index in [1.165, 1.54) is 6.26 Å². The molecule has 1 aliphatic carbocycles. The van der Waals surface area contributed by atoms with E-state index in [2.05, 4.69) is 11.4 Å². The number of nitrogens with zero attached hydrogens (tertiary/aromatic N) is 1. The molecule has 1 amide bonds. The van der Waals surface area contributed by atoms with Crippen LogP contribution in [0.3, 0.4) is 0 Å². The number of hydrogen-bond donors (Lipinski definition) is 1. The smallest absolute Gasteiger partial charge is 0.410 e. The Morgan fingerprint density at radius 3 is 2.17 bits per heavy atom. The van der Waals surface area contributed by atoms with Gasteiger partial charge in [-0.05, 0) is 81.8 Å². The fourth-order valence-electron chi connectivity index (χ4n) is 4.40. The lowest BCUT2D eigenvalue weighted by Gasteiger charge is -2.36. The zero-order chi connectivity index (χ0) is 25.8. The summed E-state index contributed by atoms with van der Waals surface area (Å²) in [6.07, 6.45) is 4.76. The highest BCUT2D eigenvalue weighted by Crippen LogP contribution is 2.29. The molecule has 0 atom stereocenters. The monoisotopic (exact) mass is 502 g/mol. The van der Waals surface area contributed by atoms with E-state index in [4.69, 9.17) is 9.47 Å². The van der Waals surface area contributed by atoms with Crippen LogP contribution in [-0.4, -0.2) is 57.5 Å². The van der Waals surface area contributed by atoms with Crippen molar-refractivity contribution in [2.75, 3.05) is 20.4 Å². The maximum absolute atomic E-state index is 12.4. The van der Waals surface area contributed by atoms with Crippen molar-refractivity contribution in [2.24, 2.45) is 0 Å². The van der Waals surface area contributed by atoms with Crippen LogP contribution >= 0.6 is 0 Å². The second-order valence-corrected chi connectivity index (χ2v) is 12.3. The standard InChI is InChI=1S/C27H38N2O5S/c1-27(2,3)34-26(30)29(4)23-12-10-22(11-13-23)28-18-21-17-20(9-16-25(21)33-5)19-7-14-24(15-8-19)35(6,31)32/h7-9,14-17,22-23,28H,10-13,18H2,1-6H3. The number of benzene rings is 2. The van der Waals surface area contributed by atoms with Gasteiger partial charge in [-0.25, -0.2) is 13.2 Å². The number of sulfone groups is 1. The average Bonchev–Trinajstić information content (AvgIpc) is 2.81. The second kappa shape index (κ2) is 11.0. The van der Waals surface area contributed by atoms with E-state index < -0.39 is 15.4 Å². The third kappa shape index (κ3) is 7.45. The number of methoxy groups -OCH3 is 1. The summed E-state index contributed by atoms with van der Waals surface area (Å²) in [7, 11) is 0.266. The molecule has 0 aliphatic heterocycles. The van der Waals surface area contributed by atoms with Crippen LogP contribution in [0.25, 0.3) is 11.1 Å². The van der Waals surface area contributed by atoms with Crippen molar-refractivity contribution in [3.63, 3.8) is 0 Å². The first-order valence-corrected chi connectivity index (χ1v) is 13.9. The molecule has 2 aromatic rings. The first-order chi connectivity index (χ1) is 16.4. The first-order valence-electron chi connectivity index (χ1n) is 12.0. The van der Waals surface area contributed by atoms with Gasteiger partial charge in [0.1, 0.15) is 11.4 Å². The van der Waals surface area contributed by atoms with Crippen molar-refractivity contribution < 1.29 is 22.7 Å². The SMILES string of the molecule is COc1ccc(-c2ccc(S(C)(=O)=O)cc2)cc1CNC1CCC(N(C)C(=O)OC(C)(C)C)CC1. The molecule has 192 valence electrons. The molecule has 35 heavy (non-hydrogen) atoms. The summed E-state index contributed by atoms with van der Waals surface area (Å²) in [4.78, 5) is 14.4. The zero-order valence-electron chi connectivity index (χ0n) is 21.6. The summed E-state index contributed by atoms with van der Waals surface area (Å²) in [6, 6.07) is 13.5. The first kappa shape index (κ1) is 27.0. The molecule has 0 bridgehead atoms. The molecule has 8 heteroatoms. The maximum Gasteiger partial charge on any atom is 0.410 e. The van der Waals surface area contributed by atoms with Crippen LogP contribution in [0.5, 0.6) is 5.75 Å². The van der Waals surface area contributed by atoms with Gasteiger partial charge in [-0.15, -0.1) is 0 Å². The van der Waals surface area contributed by atoms with Crippen molar-refractivity contribution in [1.82, 2.24) is 10.2 Å². The summed E-state index contributed by atoms with van der Waals surface area (Å²) in [5, 5.41) is 3.65. The number of nitrogens with one attached hydrogen (secondary N) is 1. The molecule has 3 rings (SSSR count). The third-order valence-electron chi connectivity index (χ3n) is 6.40. The van der Waals surface area contributed by atoms with Crippen molar-refractivity contribution >= 4 is 15.9 Å². The van der Waals surface area contributed by atoms with E-state index >= 15 is 0 Å². The minimum atomic E-state index is -3.22. The van der Waals surface area contributed by atoms with Crippen LogP contribution in [0.15, 0.2) is 47.4 Å². The Hall–Kier alpha value is -2.58. The summed E-state index contributed by atoms with van der Waals surface area (Å²) in [5.41, 5.74) is 2.51. The van der Waals surface area contributed by atoms with Crippen molar-refractivity contribution in [1.29, 1.82) is 0 Å². The zero-order valence-corrected chi connectivity index (χ0v) is 22.4. The van der Waals surface area contributed by atoms with E-state index in [9.17, 15) is 13.2 Å². The Bertz CT molecular complexity index is 1120. The van der Waals surface area contributed by atoms with Crippen LogP contribution in [0.4, 0.5) is 4.79 Å². The lowest BCUT2D eigenvalue weighted by Crippen LogP contribution is -2.44. The van der Waals surface area contributed by atoms with Crippen molar-refractivity contribution in [3.05, 3.63) is 48.0 Å². The Morgan fingerprint density at radius 2 is 1.63 bits per heavy atom. The molecule has 1 N–H and O–H groups in total. The van der Waals surface area contributed by atoms with Gasteiger partial charge in [0, 0.05) is 37.5 Å². The second-order valence-electron chi connectivity index (χ2n) is 10.3. The third-order valence-corrected chi connectivity index (χ3v) is 7.53. The molecule has 7 nitrogen and oxygen atoms in total. The highest BCUT2D eigenvalue weighted by atomic mass is 32.2. The molecule has 0 radical (unpaired) electrons. The quantitative estimate of drug-likeness (QED) is 0.571. The maximum atomic E-state index is 12.4. The summed E-state index contributed by atoms with van der Waals surface area (Å²) >= 11 is 0. The van der Waals surface area contributed by atoms with E-state index in [1.54, 1.807) is 24.1 Å². The number of amides is 1.